The highest BCUT2D eigenvalue weighted by molar-refractivity contribution is 6.32. The molecule has 7 heteroatoms. The number of carbonyl (C=O) groups excluding carboxylic acids is 2. The molecule has 0 radical (unpaired) electrons. The molecule has 2 fully saturated rings. The van der Waals surface area contributed by atoms with E-state index in [2.05, 4.69) is 5.32 Å². The number of nitrogens with one attached hydrogen (secondary N) is 1. The first-order chi connectivity index (χ1) is 11.5. The summed E-state index contributed by atoms with van der Waals surface area (Å²) in [6, 6.07) is 3.15. The first-order valence-corrected chi connectivity index (χ1v) is 8.61. The van der Waals surface area contributed by atoms with Crippen molar-refractivity contribution in [1.29, 1.82) is 0 Å². The van der Waals surface area contributed by atoms with Crippen molar-refractivity contribution in [3.05, 3.63) is 22.7 Å². The number of benzene rings is 1. The first-order valence-electron chi connectivity index (χ1n) is 8.23. The number of carbonyl (C=O) groups is 2. The average molecular weight is 351 g/mol. The summed E-state index contributed by atoms with van der Waals surface area (Å²) in [6.45, 7) is 2.34. The molecule has 1 aromatic carbocycles. The van der Waals surface area contributed by atoms with Gasteiger partial charge in [-0.1, -0.05) is 31.4 Å². The van der Waals surface area contributed by atoms with Crippen LogP contribution in [0.1, 0.15) is 38.2 Å². The van der Waals surface area contributed by atoms with Crippen LogP contribution in [-0.2, 0) is 11.3 Å². The molecule has 2 heterocycles. The van der Waals surface area contributed by atoms with E-state index in [1.807, 2.05) is 6.92 Å². The highest BCUT2D eigenvalue weighted by Gasteiger charge is 2.54. The third-order valence-electron chi connectivity index (χ3n) is 5.33. The highest BCUT2D eigenvalue weighted by Crippen LogP contribution is 2.41. The van der Waals surface area contributed by atoms with E-state index in [-0.39, 0.29) is 31.2 Å². The summed E-state index contributed by atoms with van der Waals surface area (Å²) in [5.74, 6) is 1.07. The largest absolute Gasteiger partial charge is 0.454 e. The van der Waals surface area contributed by atoms with E-state index in [1.54, 1.807) is 12.1 Å². The molecular formula is C17H19ClN2O4. The molecule has 6 nitrogen and oxygen atoms in total. The van der Waals surface area contributed by atoms with Gasteiger partial charge in [-0.15, -0.1) is 0 Å². The van der Waals surface area contributed by atoms with E-state index < -0.39 is 5.54 Å². The Bertz CT molecular complexity index is 723. The molecule has 1 saturated heterocycles. The summed E-state index contributed by atoms with van der Waals surface area (Å²) in [5, 5.41) is 3.38. The van der Waals surface area contributed by atoms with Crippen LogP contribution in [0.5, 0.6) is 11.5 Å². The van der Waals surface area contributed by atoms with Crippen LogP contribution in [0.3, 0.4) is 0 Å². The van der Waals surface area contributed by atoms with Crippen molar-refractivity contribution in [3.63, 3.8) is 0 Å². The van der Waals surface area contributed by atoms with Gasteiger partial charge in [0.15, 0.2) is 11.5 Å². The maximum Gasteiger partial charge on any atom is 0.325 e. The number of imide groups is 1. The number of urea groups is 1. The van der Waals surface area contributed by atoms with Crippen LogP contribution in [0.15, 0.2) is 12.1 Å². The summed E-state index contributed by atoms with van der Waals surface area (Å²) in [7, 11) is 0. The quantitative estimate of drug-likeness (QED) is 0.832. The number of rotatable bonds is 2. The zero-order valence-corrected chi connectivity index (χ0v) is 14.2. The third kappa shape index (κ3) is 2.24. The van der Waals surface area contributed by atoms with E-state index in [0.29, 0.717) is 22.9 Å². The van der Waals surface area contributed by atoms with E-state index in [0.717, 1.165) is 24.8 Å². The number of ether oxygens (including phenoxy) is 2. The predicted molar refractivity (Wildman–Crippen MR) is 87.0 cm³/mol. The van der Waals surface area contributed by atoms with Gasteiger partial charge in [0.2, 0.25) is 6.79 Å². The molecule has 3 amide bonds. The average Bonchev–Trinajstić information content (AvgIpc) is 3.10. The third-order valence-corrected chi connectivity index (χ3v) is 5.61. The van der Waals surface area contributed by atoms with Gasteiger partial charge >= 0.3 is 6.03 Å². The van der Waals surface area contributed by atoms with Crippen molar-refractivity contribution in [2.24, 2.45) is 5.92 Å². The summed E-state index contributed by atoms with van der Waals surface area (Å²) in [4.78, 5) is 26.7. The standard InChI is InChI=1S/C17H19ClN2O4/c1-10-4-2-3-5-17(10)15(21)20(16(22)19-17)8-11-6-12(18)14-13(7-11)23-9-24-14/h6-7,10H,2-5,8-9H2,1H3,(H,19,22)/t10-,17+/m0/s1. The Labute approximate surface area is 145 Å². The van der Waals surface area contributed by atoms with Crippen LogP contribution < -0.4 is 14.8 Å². The molecule has 24 heavy (non-hydrogen) atoms. The minimum Gasteiger partial charge on any atom is -0.454 e. The van der Waals surface area contributed by atoms with Gasteiger partial charge in [0, 0.05) is 0 Å². The first kappa shape index (κ1) is 15.6. The minimum atomic E-state index is -0.741. The second-order valence-electron chi connectivity index (χ2n) is 6.75. The molecule has 0 unspecified atom stereocenters. The lowest BCUT2D eigenvalue weighted by Crippen LogP contribution is -2.53. The van der Waals surface area contributed by atoms with Crippen LogP contribution in [-0.4, -0.2) is 29.2 Å². The van der Waals surface area contributed by atoms with Crippen LogP contribution >= 0.6 is 11.6 Å². The SMILES string of the molecule is C[C@H]1CCCC[C@@]12NC(=O)N(Cc1cc(Cl)c3c(c1)OCO3)C2=O. The van der Waals surface area contributed by atoms with Gasteiger partial charge in [-0.2, -0.15) is 0 Å². The van der Waals surface area contributed by atoms with E-state index in [1.165, 1.54) is 4.90 Å². The number of hydrogen-bond acceptors (Lipinski definition) is 4. The number of hydrogen-bond donors (Lipinski definition) is 1. The van der Waals surface area contributed by atoms with Crippen LogP contribution in [0, 0.1) is 5.92 Å². The van der Waals surface area contributed by atoms with Gasteiger partial charge in [-0.25, -0.2) is 4.79 Å². The van der Waals surface area contributed by atoms with Gasteiger partial charge in [-0.3, -0.25) is 9.69 Å². The molecule has 128 valence electrons. The highest BCUT2D eigenvalue weighted by atomic mass is 35.5. The van der Waals surface area contributed by atoms with Crippen molar-refractivity contribution in [2.75, 3.05) is 6.79 Å². The Balaban J connectivity index is 1.60. The topological polar surface area (TPSA) is 67.9 Å². The normalized spacial score (nSPS) is 28.6. The Morgan fingerprint density at radius 3 is 2.96 bits per heavy atom. The molecule has 1 N–H and O–H groups in total. The van der Waals surface area contributed by atoms with E-state index in [9.17, 15) is 9.59 Å². The lowest BCUT2D eigenvalue weighted by molar-refractivity contribution is -0.134. The Kier molecular flexibility index (Phi) is 3.60. The zero-order chi connectivity index (χ0) is 16.9. The smallest absolute Gasteiger partial charge is 0.325 e. The fourth-order valence-corrected chi connectivity index (χ4v) is 4.22. The van der Waals surface area contributed by atoms with Gasteiger partial charge in [0.25, 0.3) is 5.91 Å². The Hall–Kier alpha value is -1.95. The Morgan fingerprint density at radius 2 is 2.17 bits per heavy atom. The second-order valence-corrected chi connectivity index (χ2v) is 7.16. The molecule has 2 atom stereocenters. The molecule has 0 aromatic heterocycles. The molecule has 4 rings (SSSR count). The molecule has 0 bridgehead atoms. The number of amides is 3. The van der Waals surface area contributed by atoms with Crippen LogP contribution in [0.4, 0.5) is 4.79 Å². The number of fused-ring (bicyclic) bond motifs is 1. The molecule has 3 aliphatic rings. The minimum absolute atomic E-state index is 0.127. The van der Waals surface area contributed by atoms with Gasteiger partial charge in [0.1, 0.15) is 5.54 Å². The van der Waals surface area contributed by atoms with Gasteiger partial charge in [-0.05, 0) is 36.5 Å². The summed E-state index contributed by atoms with van der Waals surface area (Å²) in [6.07, 6.45) is 3.72. The fourth-order valence-electron chi connectivity index (χ4n) is 3.93. The number of nitrogens with zero attached hydrogens (tertiary/aromatic N) is 1. The molecule has 1 aliphatic carbocycles. The fraction of sp³-hybridized carbons (Fsp3) is 0.529. The van der Waals surface area contributed by atoms with E-state index >= 15 is 0 Å². The van der Waals surface area contributed by atoms with Crippen molar-refractivity contribution < 1.29 is 19.1 Å². The zero-order valence-electron chi connectivity index (χ0n) is 13.4. The lowest BCUT2D eigenvalue weighted by Gasteiger charge is -2.36. The molecule has 1 saturated carbocycles. The maximum absolute atomic E-state index is 13.0. The second kappa shape index (κ2) is 5.55. The summed E-state index contributed by atoms with van der Waals surface area (Å²) in [5.41, 5.74) is 0.00315. The predicted octanol–water partition coefficient (Wildman–Crippen LogP) is 3.07. The molecule has 2 aliphatic heterocycles. The lowest BCUT2D eigenvalue weighted by atomic mass is 9.73. The molecule has 1 aromatic rings. The van der Waals surface area contributed by atoms with Crippen molar-refractivity contribution in [2.45, 2.75) is 44.7 Å². The van der Waals surface area contributed by atoms with Crippen LogP contribution in [0.25, 0.3) is 0 Å². The molecule has 1 spiro atoms. The Morgan fingerprint density at radius 1 is 1.33 bits per heavy atom. The maximum atomic E-state index is 13.0. The molecular weight excluding hydrogens is 332 g/mol. The van der Waals surface area contributed by atoms with Gasteiger partial charge in [0.05, 0.1) is 11.6 Å². The number of halogens is 1. The monoisotopic (exact) mass is 350 g/mol. The van der Waals surface area contributed by atoms with Crippen molar-refractivity contribution in [3.8, 4) is 11.5 Å². The van der Waals surface area contributed by atoms with Gasteiger partial charge < -0.3 is 14.8 Å². The van der Waals surface area contributed by atoms with Crippen molar-refractivity contribution >= 4 is 23.5 Å². The van der Waals surface area contributed by atoms with Crippen LogP contribution in [0.2, 0.25) is 5.02 Å². The van der Waals surface area contributed by atoms with E-state index in [4.69, 9.17) is 21.1 Å². The summed E-state index contributed by atoms with van der Waals surface area (Å²) >= 11 is 6.19. The summed E-state index contributed by atoms with van der Waals surface area (Å²) < 4.78 is 10.6. The van der Waals surface area contributed by atoms with Crippen molar-refractivity contribution in [1.82, 2.24) is 10.2 Å².